The molecule has 1 aliphatic heterocycles. The van der Waals surface area contributed by atoms with Gasteiger partial charge in [0.05, 0.1) is 12.0 Å². The fourth-order valence-electron chi connectivity index (χ4n) is 2.75. The topological polar surface area (TPSA) is 89.9 Å². The third-order valence-corrected chi connectivity index (χ3v) is 4.11. The number of aliphatic hydroxyl groups is 1. The third kappa shape index (κ3) is 5.91. The number of nitrogens with zero attached hydrogens (tertiary/aromatic N) is 1. The lowest BCUT2D eigenvalue weighted by Crippen LogP contribution is -2.47. The first-order valence-electron chi connectivity index (χ1n) is 7.74. The minimum absolute atomic E-state index is 0.169. The number of carbonyl (C=O) groups is 2. The summed E-state index contributed by atoms with van der Waals surface area (Å²) in [6, 6.07) is -0.200. The van der Waals surface area contributed by atoms with Crippen molar-refractivity contribution in [3.63, 3.8) is 0 Å². The van der Waals surface area contributed by atoms with Crippen molar-refractivity contribution < 1.29 is 19.8 Å². The van der Waals surface area contributed by atoms with Crippen LogP contribution in [0.25, 0.3) is 0 Å². The van der Waals surface area contributed by atoms with Gasteiger partial charge in [-0.1, -0.05) is 13.8 Å². The number of carbonyl (C=O) groups excluding carboxylic acids is 1. The maximum atomic E-state index is 12.0. The third-order valence-electron chi connectivity index (χ3n) is 4.11. The Bertz CT molecular complexity index is 350. The van der Waals surface area contributed by atoms with Crippen LogP contribution in [0, 0.1) is 17.8 Å². The number of hydrogen-bond acceptors (Lipinski definition) is 3. The van der Waals surface area contributed by atoms with Crippen LogP contribution in [0.15, 0.2) is 0 Å². The average molecular weight is 300 g/mol. The van der Waals surface area contributed by atoms with E-state index in [4.69, 9.17) is 5.11 Å². The molecule has 2 atom stereocenters. The number of amides is 2. The molecule has 1 aliphatic rings. The molecule has 3 N–H and O–H groups in total. The Morgan fingerprint density at radius 1 is 1.24 bits per heavy atom. The predicted octanol–water partition coefficient (Wildman–Crippen LogP) is 1.54. The van der Waals surface area contributed by atoms with E-state index in [-0.39, 0.29) is 30.5 Å². The summed E-state index contributed by atoms with van der Waals surface area (Å²) in [5.41, 5.74) is 0. The summed E-state index contributed by atoms with van der Waals surface area (Å²) >= 11 is 0. The summed E-state index contributed by atoms with van der Waals surface area (Å²) in [5.74, 6) is -0.868. The number of rotatable bonds is 6. The van der Waals surface area contributed by atoms with Crippen molar-refractivity contribution in [2.45, 2.75) is 46.1 Å². The lowest BCUT2D eigenvalue weighted by Gasteiger charge is -2.33. The lowest BCUT2D eigenvalue weighted by atomic mass is 9.92. The van der Waals surface area contributed by atoms with Crippen molar-refractivity contribution in [1.29, 1.82) is 0 Å². The number of likely N-dealkylation sites (tertiary alicyclic amines) is 1. The van der Waals surface area contributed by atoms with Gasteiger partial charge < -0.3 is 20.4 Å². The van der Waals surface area contributed by atoms with Gasteiger partial charge in [0.2, 0.25) is 0 Å². The minimum Gasteiger partial charge on any atom is -0.481 e. The molecule has 6 nitrogen and oxygen atoms in total. The highest BCUT2D eigenvalue weighted by Crippen LogP contribution is 2.20. The smallest absolute Gasteiger partial charge is 0.317 e. The van der Waals surface area contributed by atoms with Crippen molar-refractivity contribution in [3.8, 4) is 0 Å². The van der Waals surface area contributed by atoms with Crippen LogP contribution in [0.1, 0.15) is 40.0 Å². The molecule has 0 spiro atoms. The van der Waals surface area contributed by atoms with Gasteiger partial charge in [-0.3, -0.25) is 4.79 Å². The Hall–Kier alpha value is -1.30. The molecule has 21 heavy (non-hydrogen) atoms. The van der Waals surface area contributed by atoms with Crippen LogP contribution in [-0.4, -0.2) is 52.9 Å². The average Bonchev–Trinajstić information content (AvgIpc) is 2.42. The zero-order valence-corrected chi connectivity index (χ0v) is 13.2. The molecule has 1 heterocycles. The van der Waals surface area contributed by atoms with Gasteiger partial charge in [0.25, 0.3) is 0 Å². The van der Waals surface area contributed by atoms with Gasteiger partial charge in [0.1, 0.15) is 0 Å². The first kappa shape index (κ1) is 17.8. The summed E-state index contributed by atoms with van der Waals surface area (Å²) < 4.78 is 0. The number of piperidine rings is 1. The van der Waals surface area contributed by atoms with E-state index in [2.05, 4.69) is 5.32 Å². The Balaban J connectivity index is 2.38. The fourth-order valence-corrected chi connectivity index (χ4v) is 2.75. The molecule has 6 heteroatoms. The van der Waals surface area contributed by atoms with Crippen LogP contribution in [-0.2, 0) is 4.79 Å². The molecule has 0 aromatic heterocycles. The summed E-state index contributed by atoms with van der Waals surface area (Å²) in [4.78, 5) is 24.9. The van der Waals surface area contributed by atoms with Crippen molar-refractivity contribution in [3.05, 3.63) is 0 Å². The first-order valence-corrected chi connectivity index (χ1v) is 7.74. The number of aliphatic hydroxyl groups excluding tert-OH is 1. The Morgan fingerprint density at radius 2 is 1.81 bits per heavy atom. The Morgan fingerprint density at radius 3 is 2.24 bits per heavy atom. The molecule has 2 amide bonds. The molecular weight excluding hydrogens is 272 g/mol. The van der Waals surface area contributed by atoms with Crippen molar-refractivity contribution in [2.24, 2.45) is 17.8 Å². The van der Waals surface area contributed by atoms with Crippen LogP contribution in [0.3, 0.4) is 0 Å². The van der Waals surface area contributed by atoms with Crippen molar-refractivity contribution >= 4 is 12.0 Å². The SMILES string of the molecule is CC(C)CC(CNC(=O)N1CCC(C(C)O)CC1)C(=O)O. The van der Waals surface area contributed by atoms with E-state index in [1.807, 2.05) is 13.8 Å². The lowest BCUT2D eigenvalue weighted by molar-refractivity contribution is -0.142. The van der Waals surface area contributed by atoms with E-state index in [9.17, 15) is 14.7 Å². The quantitative estimate of drug-likeness (QED) is 0.694. The van der Waals surface area contributed by atoms with Crippen LogP contribution in [0.5, 0.6) is 0 Å². The molecule has 0 saturated carbocycles. The van der Waals surface area contributed by atoms with Gasteiger partial charge >= 0.3 is 12.0 Å². The second-order valence-electron chi connectivity index (χ2n) is 6.42. The number of hydrogen-bond donors (Lipinski definition) is 3. The minimum atomic E-state index is -0.864. The number of urea groups is 1. The first-order chi connectivity index (χ1) is 9.81. The molecule has 0 aromatic carbocycles. The summed E-state index contributed by atoms with van der Waals surface area (Å²) in [6.07, 6.45) is 1.80. The van der Waals surface area contributed by atoms with Gasteiger partial charge in [0.15, 0.2) is 0 Å². The largest absolute Gasteiger partial charge is 0.481 e. The van der Waals surface area contributed by atoms with E-state index < -0.39 is 11.9 Å². The highest BCUT2D eigenvalue weighted by Gasteiger charge is 2.26. The summed E-state index contributed by atoms with van der Waals surface area (Å²) in [6.45, 7) is 7.12. The number of aliphatic carboxylic acids is 1. The van der Waals surface area contributed by atoms with Gasteiger partial charge in [-0.25, -0.2) is 4.79 Å². The highest BCUT2D eigenvalue weighted by molar-refractivity contribution is 5.76. The van der Waals surface area contributed by atoms with Crippen molar-refractivity contribution in [2.75, 3.05) is 19.6 Å². The van der Waals surface area contributed by atoms with Gasteiger partial charge in [-0.05, 0) is 38.0 Å². The zero-order valence-electron chi connectivity index (χ0n) is 13.2. The molecule has 122 valence electrons. The van der Waals surface area contributed by atoms with Crippen molar-refractivity contribution in [1.82, 2.24) is 10.2 Å². The molecule has 0 bridgehead atoms. The van der Waals surface area contributed by atoms with Crippen LogP contribution in [0.2, 0.25) is 0 Å². The molecule has 2 unspecified atom stereocenters. The van der Waals surface area contributed by atoms with Gasteiger partial charge in [0, 0.05) is 19.6 Å². The summed E-state index contributed by atoms with van der Waals surface area (Å²) in [7, 11) is 0. The highest BCUT2D eigenvalue weighted by atomic mass is 16.4. The predicted molar refractivity (Wildman–Crippen MR) is 80.0 cm³/mol. The molecule has 0 radical (unpaired) electrons. The van der Waals surface area contributed by atoms with Crippen LogP contribution >= 0.6 is 0 Å². The molecule has 1 rings (SSSR count). The molecule has 0 aromatic rings. The fraction of sp³-hybridized carbons (Fsp3) is 0.867. The van der Waals surface area contributed by atoms with E-state index in [0.717, 1.165) is 12.8 Å². The van der Waals surface area contributed by atoms with E-state index in [1.54, 1.807) is 11.8 Å². The van der Waals surface area contributed by atoms with E-state index in [0.29, 0.717) is 19.5 Å². The number of carboxylic acid groups (broad SMARTS) is 1. The zero-order chi connectivity index (χ0) is 16.0. The maximum absolute atomic E-state index is 12.0. The number of nitrogens with one attached hydrogen (secondary N) is 1. The van der Waals surface area contributed by atoms with E-state index in [1.165, 1.54) is 0 Å². The standard InChI is InChI=1S/C15H28N2O4/c1-10(2)8-13(14(19)20)9-16-15(21)17-6-4-12(5-7-17)11(3)18/h10-13,18H,4-9H2,1-3H3,(H,16,21)(H,19,20). The molecule has 1 saturated heterocycles. The molecule has 1 fully saturated rings. The number of carboxylic acids is 1. The molecule has 0 aliphatic carbocycles. The van der Waals surface area contributed by atoms with Gasteiger partial charge in [-0.15, -0.1) is 0 Å². The normalized spacial score (nSPS) is 19.4. The summed E-state index contributed by atoms with van der Waals surface area (Å²) in [5, 5.41) is 21.4. The van der Waals surface area contributed by atoms with Crippen LogP contribution < -0.4 is 5.32 Å². The monoisotopic (exact) mass is 300 g/mol. The second-order valence-corrected chi connectivity index (χ2v) is 6.42. The molecular formula is C15H28N2O4. The Kier molecular flexibility index (Phi) is 6.95. The van der Waals surface area contributed by atoms with Crippen LogP contribution in [0.4, 0.5) is 4.79 Å². The van der Waals surface area contributed by atoms with Gasteiger partial charge in [-0.2, -0.15) is 0 Å². The van der Waals surface area contributed by atoms with E-state index >= 15 is 0 Å². The Labute approximate surface area is 126 Å². The second kappa shape index (κ2) is 8.22. The maximum Gasteiger partial charge on any atom is 0.317 e.